The number of aliphatic imine (C=N–C) groups is 1. The van der Waals surface area contributed by atoms with Gasteiger partial charge in [-0.25, -0.2) is 4.99 Å². The van der Waals surface area contributed by atoms with Crippen LogP contribution >= 0.6 is 11.6 Å². The number of anilines is 1. The van der Waals surface area contributed by atoms with Crippen LogP contribution in [0.5, 0.6) is 0 Å². The van der Waals surface area contributed by atoms with Crippen molar-refractivity contribution in [1.82, 2.24) is 9.97 Å². The summed E-state index contributed by atoms with van der Waals surface area (Å²) < 4.78 is 0. The molecule has 1 aromatic carbocycles. The first-order chi connectivity index (χ1) is 10.2. The summed E-state index contributed by atoms with van der Waals surface area (Å²) in [5, 5.41) is 3.79. The molecule has 21 heavy (non-hydrogen) atoms. The van der Waals surface area contributed by atoms with Crippen LogP contribution in [0.25, 0.3) is 5.70 Å². The normalized spacial score (nSPS) is 12.0. The highest BCUT2D eigenvalue weighted by Gasteiger charge is 2.03. The van der Waals surface area contributed by atoms with Gasteiger partial charge in [0, 0.05) is 29.3 Å². The molecule has 0 aliphatic rings. The number of aromatic nitrogens is 2. The van der Waals surface area contributed by atoms with E-state index < -0.39 is 0 Å². The summed E-state index contributed by atoms with van der Waals surface area (Å²) in [5.41, 5.74) is 7.53. The van der Waals surface area contributed by atoms with Crippen molar-refractivity contribution in [3.8, 4) is 0 Å². The van der Waals surface area contributed by atoms with E-state index in [1.165, 1.54) is 6.20 Å². The van der Waals surface area contributed by atoms with Crippen molar-refractivity contribution in [3.63, 3.8) is 0 Å². The Balaban J connectivity index is 2.23. The molecule has 0 saturated heterocycles. The van der Waals surface area contributed by atoms with Crippen LogP contribution in [-0.4, -0.2) is 15.8 Å². The fourth-order valence-electron chi connectivity index (χ4n) is 1.55. The van der Waals surface area contributed by atoms with Crippen LogP contribution in [0.2, 0.25) is 5.02 Å². The van der Waals surface area contributed by atoms with Gasteiger partial charge in [-0.05, 0) is 30.3 Å². The Morgan fingerprint density at radius 2 is 2.05 bits per heavy atom. The van der Waals surface area contributed by atoms with Crippen molar-refractivity contribution in [2.24, 2.45) is 10.7 Å². The quantitative estimate of drug-likeness (QED) is 0.672. The van der Waals surface area contributed by atoms with Crippen molar-refractivity contribution in [3.05, 3.63) is 72.4 Å². The maximum atomic E-state index is 5.85. The Hall–Kier alpha value is -2.66. The van der Waals surface area contributed by atoms with Crippen LogP contribution in [0.1, 0.15) is 5.69 Å². The molecular weight excluding hydrogens is 286 g/mol. The third-order valence-corrected chi connectivity index (χ3v) is 2.79. The summed E-state index contributed by atoms with van der Waals surface area (Å²) in [6.45, 7) is 3.73. The van der Waals surface area contributed by atoms with Crippen molar-refractivity contribution in [1.29, 1.82) is 0 Å². The molecule has 0 bridgehead atoms. The molecule has 2 rings (SSSR count). The molecule has 0 atom stereocenters. The van der Waals surface area contributed by atoms with Gasteiger partial charge >= 0.3 is 0 Å². The minimum atomic E-state index is 0.500. The minimum absolute atomic E-state index is 0.500. The standard InChI is InChI=1S/C15H14ClN5/c1-2-15(20-12-5-3-11(16)4-6-12)21-13(9-17)14-10-18-7-8-19-14/h2-10H,1,17H2,(H,20,21)/b13-9-. The molecule has 0 saturated carbocycles. The molecular formula is C15H14ClN5. The van der Waals surface area contributed by atoms with E-state index in [0.717, 1.165) is 5.69 Å². The molecule has 0 radical (unpaired) electrons. The molecule has 3 N–H and O–H groups in total. The number of nitrogens with two attached hydrogens (primary N) is 1. The van der Waals surface area contributed by atoms with Crippen LogP contribution in [0.4, 0.5) is 5.69 Å². The Labute approximate surface area is 127 Å². The lowest BCUT2D eigenvalue weighted by Gasteiger charge is -2.07. The topological polar surface area (TPSA) is 76.2 Å². The monoisotopic (exact) mass is 299 g/mol. The van der Waals surface area contributed by atoms with E-state index in [1.54, 1.807) is 36.8 Å². The maximum Gasteiger partial charge on any atom is 0.130 e. The summed E-state index contributed by atoms with van der Waals surface area (Å²) in [6, 6.07) is 7.25. The zero-order valence-corrected chi connectivity index (χ0v) is 12.0. The van der Waals surface area contributed by atoms with E-state index in [9.17, 15) is 0 Å². The van der Waals surface area contributed by atoms with Crippen molar-refractivity contribution >= 4 is 28.8 Å². The summed E-state index contributed by atoms with van der Waals surface area (Å²) in [6.07, 6.45) is 7.72. The molecule has 1 heterocycles. The average Bonchev–Trinajstić information content (AvgIpc) is 2.54. The van der Waals surface area contributed by atoms with Gasteiger partial charge in [-0.1, -0.05) is 18.2 Å². The molecule has 106 valence electrons. The molecule has 0 aliphatic carbocycles. The van der Waals surface area contributed by atoms with E-state index in [2.05, 4.69) is 26.9 Å². The van der Waals surface area contributed by atoms with Gasteiger partial charge in [-0.2, -0.15) is 0 Å². The second-order valence-electron chi connectivity index (χ2n) is 3.98. The fourth-order valence-corrected chi connectivity index (χ4v) is 1.67. The van der Waals surface area contributed by atoms with Gasteiger partial charge < -0.3 is 11.1 Å². The van der Waals surface area contributed by atoms with Gasteiger partial charge in [0.2, 0.25) is 0 Å². The number of halogens is 1. The molecule has 2 aromatic rings. The van der Waals surface area contributed by atoms with Crippen molar-refractivity contribution < 1.29 is 0 Å². The number of benzene rings is 1. The van der Waals surface area contributed by atoms with E-state index in [4.69, 9.17) is 17.3 Å². The number of nitrogens with zero attached hydrogens (tertiary/aromatic N) is 3. The molecule has 0 amide bonds. The largest absolute Gasteiger partial charge is 0.403 e. The molecule has 5 nitrogen and oxygen atoms in total. The predicted molar refractivity (Wildman–Crippen MR) is 86.9 cm³/mol. The summed E-state index contributed by atoms with van der Waals surface area (Å²) in [4.78, 5) is 12.5. The highest BCUT2D eigenvalue weighted by molar-refractivity contribution is 6.30. The van der Waals surface area contributed by atoms with Crippen LogP contribution in [-0.2, 0) is 0 Å². The number of hydrogen-bond donors (Lipinski definition) is 2. The van der Waals surface area contributed by atoms with Crippen LogP contribution in [0, 0.1) is 0 Å². The Morgan fingerprint density at radius 3 is 2.62 bits per heavy atom. The third-order valence-electron chi connectivity index (χ3n) is 2.53. The number of nitrogens with one attached hydrogen (secondary N) is 1. The van der Waals surface area contributed by atoms with E-state index in [1.807, 2.05) is 12.1 Å². The fraction of sp³-hybridized carbons (Fsp3) is 0. The van der Waals surface area contributed by atoms with Gasteiger partial charge in [0.15, 0.2) is 0 Å². The van der Waals surface area contributed by atoms with Gasteiger partial charge in [0.1, 0.15) is 17.2 Å². The van der Waals surface area contributed by atoms with E-state index in [-0.39, 0.29) is 0 Å². The number of amidine groups is 1. The van der Waals surface area contributed by atoms with Gasteiger partial charge in [0.25, 0.3) is 0 Å². The molecule has 0 spiro atoms. The van der Waals surface area contributed by atoms with Gasteiger partial charge in [-0.3, -0.25) is 9.97 Å². The highest BCUT2D eigenvalue weighted by atomic mass is 35.5. The highest BCUT2D eigenvalue weighted by Crippen LogP contribution is 2.15. The van der Waals surface area contributed by atoms with Crippen molar-refractivity contribution in [2.75, 3.05) is 5.32 Å². The zero-order valence-electron chi connectivity index (χ0n) is 11.2. The second kappa shape index (κ2) is 7.21. The first-order valence-electron chi connectivity index (χ1n) is 6.15. The Kier molecular flexibility index (Phi) is 5.06. The summed E-state index contributed by atoms with van der Waals surface area (Å²) in [7, 11) is 0. The zero-order chi connectivity index (χ0) is 15.1. The van der Waals surface area contributed by atoms with Gasteiger partial charge in [0.05, 0.1) is 6.20 Å². The van der Waals surface area contributed by atoms with Crippen LogP contribution in [0.3, 0.4) is 0 Å². The number of hydrogen-bond acceptors (Lipinski definition) is 4. The lowest BCUT2D eigenvalue weighted by molar-refractivity contribution is 1.15. The molecule has 1 aromatic heterocycles. The van der Waals surface area contributed by atoms with E-state index in [0.29, 0.717) is 22.2 Å². The summed E-state index contributed by atoms with van der Waals surface area (Å²) >= 11 is 5.85. The molecule has 6 heteroatoms. The first kappa shape index (κ1) is 14.7. The van der Waals surface area contributed by atoms with Crippen LogP contribution < -0.4 is 11.1 Å². The third kappa shape index (κ3) is 4.15. The Morgan fingerprint density at radius 1 is 1.29 bits per heavy atom. The molecule has 0 fully saturated rings. The lowest BCUT2D eigenvalue weighted by atomic mass is 10.3. The SMILES string of the molecule is C=CC(=N/C(=C\N)c1cnccn1)Nc1ccc(Cl)cc1. The predicted octanol–water partition coefficient (Wildman–Crippen LogP) is 3.08. The van der Waals surface area contributed by atoms with E-state index >= 15 is 0 Å². The second-order valence-corrected chi connectivity index (χ2v) is 4.41. The first-order valence-corrected chi connectivity index (χ1v) is 6.52. The summed E-state index contributed by atoms with van der Waals surface area (Å²) in [5.74, 6) is 0.541. The maximum absolute atomic E-state index is 5.85. The lowest BCUT2D eigenvalue weighted by Crippen LogP contribution is -2.09. The molecule has 0 unspecified atom stereocenters. The van der Waals surface area contributed by atoms with Crippen LogP contribution in [0.15, 0.2) is 66.7 Å². The Bertz CT molecular complexity index is 662. The van der Waals surface area contributed by atoms with Gasteiger partial charge in [-0.15, -0.1) is 0 Å². The minimum Gasteiger partial charge on any atom is -0.403 e. The van der Waals surface area contributed by atoms with Crippen molar-refractivity contribution in [2.45, 2.75) is 0 Å². The smallest absolute Gasteiger partial charge is 0.130 e. The average molecular weight is 300 g/mol. The molecule has 0 aliphatic heterocycles. The number of rotatable bonds is 4.